The van der Waals surface area contributed by atoms with Gasteiger partial charge >= 0.3 is 0 Å². The van der Waals surface area contributed by atoms with Crippen LogP contribution in [0.4, 0.5) is 0 Å². The molecule has 0 radical (unpaired) electrons. The third-order valence-electron chi connectivity index (χ3n) is 3.40. The van der Waals surface area contributed by atoms with E-state index in [4.69, 9.17) is 17.3 Å². The van der Waals surface area contributed by atoms with Crippen molar-refractivity contribution in [2.24, 2.45) is 5.73 Å². The van der Waals surface area contributed by atoms with E-state index < -0.39 is 0 Å². The molecule has 0 amide bonds. The van der Waals surface area contributed by atoms with Crippen LogP contribution in [0.5, 0.6) is 0 Å². The van der Waals surface area contributed by atoms with Gasteiger partial charge in [0.05, 0.1) is 5.69 Å². The van der Waals surface area contributed by atoms with Crippen molar-refractivity contribution in [3.63, 3.8) is 0 Å². The van der Waals surface area contributed by atoms with Crippen LogP contribution in [0.2, 0.25) is 5.02 Å². The summed E-state index contributed by atoms with van der Waals surface area (Å²) >= 11 is 6.09. The summed E-state index contributed by atoms with van der Waals surface area (Å²) in [6.45, 7) is 2.37. The van der Waals surface area contributed by atoms with E-state index in [9.17, 15) is 0 Å². The number of nitrogens with one attached hydrogen (secondary N) is 1. The third-order valence-corrected chi connectivity index (χ3v) is 3.63. The SMILES string of the molecule is Cc1[nH]nc(-c2cccc(Cl)c2)c1-c1cccnc1CN. The van der Waals surface area contributed by atoms with E-state index in [1.54, 1.807) is 6.20 Å². The molecule has 3 rings (SSSR count). The Morgan fingerprint density at radius 2 is 2.10 bits per heavy atom. The molecule has 0 spiro atoms. The van der Waals surface area contributed by atoms with Crippen molar-refractivity contribution in [3.05, 3.63) is 59.0 Å². The lowest BCUT2D eigenvalue weighted by Crippen LogP contribution is -2.02. The molecule has 0 fully saturated rings. The molecular weight excluding hydrogens is 284 g/mol. The van der Waals surface area contributed by atoms with Crippen LogP contribution in [0.25, 0.3) is 22.4 Å². The molecule has 0 atom stereocenters. The smallest absolute Gasteiger partial charge is 0.100 e. The van der Waals surface area contributed by atoms with Gasteiger partial charge in [-0.05, 0) is 25.1 Å². The lowest BCUT2D eigenvalue weighted by atomic mass is 9.98. The molecule has 3 N–H and O–H groups in total. The number of benzene rings is 1. The lowest BCUT2D eigenvalue weighted by Gasteiger charge is -2.08. The summed E-state index contributed by atoms with van der Waals surface area (Å²) in [4.78, 5) is 4.35. The molecule has 0 unspecified atom stereocenters. The summed E-state index contributed by atoms with van der Waals surface area (Å²) < 4.78 is 0. The van der Waals surface area contributed by atoms with Crippen molar-refractivity contribution < 1.29 is 0 Å². The number of nitrogens with zero attached hydrogens (tertiary/aromatic N) is 2. The summed E-state index contributed by atoms with van der Waals surface area (Å²) in [6.07, 6.45) is 1.75. The molecule has 0 bridgehead atoms. The molecule has 3 aromatic rings. The number of hydrogen-bond acceptors (Lipinski definition) is 3. The van der Waals surface area contributed by atoms with E-state index in [0.717, 1.165) is 33.8 Å². The van der Waals surface area contributed by atoms with Crippen LogP contribution in [0.3, 0.4) is 0 Å². The van der Waals surface area contributed by atoms with Gasteiger partial charge in [-0.1, -0.05) is 29.8 Å². The standard InChI is InChI=1S/C16H15ClN4/c1-10-15(13-6-3-7-19-14(13)9-18)16(21-20-10)11-4-2-5-12(17)8-11/h2-8H,9,18H2,1H3,(H,20,21). The molecule has 0 saturated heterocycles. The topological polar surface area (TPSA) is 67.6 Å². The number of rotatable bonds is 3. The van der Waals surface area contributed by atoms with E-state index in [-0.39, 0.29) is 0 Å². The Hall–Kier alpha value is -2.17. The minimum absolute atomic E-state index is 0.385. The van der Waals surface area contributed by atoms with E-state index >= 15 is 0 Å². The van der Waals surface area contributed by atoms with Gasteiger partial charge in [0.25, 0.3) is 0 Å². The van der Waals surface area contributed by atoms with Gasteiger partial charge in [-0.2, -0.15) is 5.10 Å². The maximum Gasteiger partial charge on any atom is 0.100 e. The fraction of sp³-hybridized carbons (Fsp3) is 0.125. The largest absolute Gasteiger partial charge is 0.325 e. The minimum atomic E-state index is 0.385. The second kappa shape index (κ2) is 5.68. The summed E-state index contributed by atoms with van der Waals surface area (Å²) in [5.41, 5.74) is 11.5. The molecule has 2 heterocycles. The number of nitrogens with two attached hydrogens (primary N) is 1. The molecule has 5 heteroatoms. The zero-order valence-electron chi connectivity index (χ0n) is 11.6. The average molecular weight is 299 g/mol. The van der Waals surface area contributed by atoms with Gasteiger partial charge in [0.15, 0.2) is 0 Å². The van der Waals surface area contributed by atoms with Gasteiger partial charge in [-0.25, -0.2) is 0 Å². The quantitative estimate of drug-likeness (QED) is 0.777. The van der Waals surface area contributed by atoms with Gasteiger partial charge in [0.2, 0.25) is 0 Å². The predicted molar refractivity (Wildman–Crippen MR) is 84.9 cm³/mol. The first-order valence-electron chi connectivity index (χ1n) is 6.66. The van der Waals surface area contributed by atoms with E-state index in [2.05, 4.69) is 15.2 Å². The number of aryl methyl sites for hydroxylation is 1. The van der Waals surface area contributed by atoms with Crippen molar-refractivity contribution in [2.45, 2.75) is 13.5 Å². The Kier molecular flexibility index (Phi) is 3.73. The van der Waals surface area contributed by atoms with Crippen molar-refractivity contribution in [1.29, 1.82) is 0 Å². The normalized spacial score (nSPS) is 10.8. The minimum Gasteiger partial charge on any atom is -0.325 e. The Balaban J connectivity index is 2.22. The molecule has 106 valence electrons. The van der Waals surface area contributed by atoms with Gasteiger partial charge in [0, 0.05) is 40.1 Å². The number of halogens is 1. The van der Waals surface area contributed by atoms with Crippen LogP contribution >= 0.6 is 11.6 Å². The fourth-order valence-electron chi connectivity index (χ4n) is 2.43. The second-order valence-electron chi connectivity index (χ2n) is 4.78. The average Bonchev–Trinajstić information content (AvgIpc) is 2.89. The third kappa shape index (κ3) is 2.55. The summed E-state index contributed by atoms with van der Waals surface area (Å²) in [7, 11) is 0. The number of aromatic nitrogens is 3. The van der Waals surface area contributed by atoms with Crippen molar-refractivity contribution in [1.82, 2.24) is 15.2 Å². The summed E-state index contributed by atoms with van der Waals surface area (Å²) in [5.74, 6) is 0. The van der Waals surface area contributed by atoms with Crippen molar-refractivity contribution >= 4 is 11.6 Å². The zero-order chi connectivity index (χ0) is 14.8. The molecule has 21 heavy (non-hydrogen) atoms. The predicted octanol–water partition coefficient (Wildman–Crippen LogP) is 3.56. The van der Waals surface area contributed by atoms with Crippen LogP contribution < -0.4 is 5.73 Å². The highest BCUT2D eigenvalue weighted by Gasteiger charge is 2.17. The molecule has 2 aromatic heterocycles. The number of pyridine rings is 1. The monoisotopic (exact) mass is 298 g/mol. The van der Waals surface area contributed by atoms with Crippen molar-refractivity contribution in [3.8, 4) is 22.4 Å². The number of hydrogen-bond donors (Lipinski definition) is 2. The molecule has 0 aliphatic rings. The second-order valence-corrected chi connectivity index (χ2v) is 5.22. The highest BCUT2D eigenvalue weighted by molar-refractivity contribution is 6.30. The van der Waals surface area contributed by atoms with E-state index in [0.29, 0.717) is 11.6 Å². The molecule has 4 nitrogen and oxygen atoms in total. The fourth-order valence-corrected chi connectivity index (χ4v) is 2.62. The Morgan fingerprint density at radius 1 is 1.24 bits per heavy atom. The first kappa shape index (κ1) is 13.8. The Labute approximate surface area is 128 Å². The summed E-state index contributed by atoms with van der Waals surface area (Å²) in [5, 5.41) is 8.15. The highest BCUT2D eigenvalue weighted by atomic mass is 35.5. The number of H-pyrrole nitrogens is 1. The van der Waals surface area contributed by atoms with Gasteiger partial charge in [-0.3, -0.25) is 10.1 Å². The van der Waals surface area contributed by atoms with Crippen LogP contribution in [0, 0.1) is 6.92 Å². The van der Waals surface area contributed by atoms with E-state index in [1.807, 2.05) is 43.3 Å². The van der Waals surface area contributed by atoms with Crippen LogP contribution in [0.1, 0.15) is 11.4 Å². The Bertz CT molecular complexity index is 779. The Morgan fingerprint density at radius 3 is 2.86 bits per heavy atom. The van der Waals surface area contributed by atoms with Crippen LogP contribution in [-0.4, -0.2) is 15.2 Å². The van der Waals surface area contributed by atoms with Gasteiger partial charge in [-0.15, -0.1) is 0 Å². The van der Waals surface area contributed by atoms with Gasteiger partial charge < -0.3 is 5.73 Å². The molecule has 0 aliphatic carbocycles. The molecular formula is C16H15ClN4. The highest BCUT2D eigenvalue weighted by Crippen LogP contribution is 2.34. The molecule has 0 aliphatic heterocycles. The lowest BCUT2D eigenvalue weighted by molar-refractivity contribution is 0.993. The van der Waals surface area contributed by atoms with Crippen LogP contribution in [-0.2, 0) is 6.54 Å². The summed E-state index contributed by atoms with van der Waals surface area (Å²) in [6, 6.07) is 11.6. The molecule has 0 saturated carbocycles. The van der Waals surface area contributed by atoms with Crippen molar-refractivity contribution in [2.75, 3.05) is 0 Å². The molecule has 1 aromatic carbocycles. The zero-order valence-corrected chi connectivity index (χ0v) is 12.4. The maximum absolute atomic E-state index is 6.09. The first-order chi connectivity index (χ1) is 10.2. The van der Waals surface area contributed by atoms with E-state index in [1.165, 1.54) is 0 Å². The maximum atomic E-state index is 6.09. The first-order valence-corrected chi connectivity index (χ1v) is 7.03. The van der Waals surface area contributed by atoms with Gasteiger partial charge in [0.1, 0.15) is 5.69 Å². The number of aromatic amines is 1. The van der Waals surface area contributed by atoms with Crippen LogP contribution in [0.15, 0.2) is 42.6 Å².